The second-order valence-electron chi connectivity index (χ2n) is 6.92. The van der Waals surface area contributed by atoms with Gasteiger partial charge in [-0.25, -0.2) is 13.1 Å². The first kappa shape index (κ1) is 20.0. The summed E-state index contributed by atoms with van der Waals surface area (Å²) >= 11 is 1.61. The third kappa shape index (κ3) is 5.31. The van der Waals surface area contributed by atoms with Crippen molar-refractivity contribution in [2.75, 3.05) is 12.8 Å². The normalized spacial score (nSPS) is 13.6. The standard InChI is InChI=1S/C19H25NO3S2/c1-19(2,3)15-7-11-17(12-8-15)25(22,23)20-13-18(21)14-5-9-16(24-4)10-6-14/h5-12,18,20-21H,13H2,1-4H3. The van der Waals surface area contributed by atoms with E-state index in [1.54, 1.807) is 23.9 Å². The Bertz CT molecular complexity index is 792. The minimum absolute atomic E-state index is 0.0329. The third-order valence-corrected chi connectivity index (χ3v) is 6.18. The molecule has 0 saturated carbocycles. The zero-order chi connectivity index (χ0) is 18.7. The van der Waals surface area contributed by atoms with Gasteiger partial charge in [0, 0.05) is 11.4 Å². The predicted octanol–water partition coefficient (Wildman–Crippen LogP) is 3.72. The van der Waals surface area contributed by atoms with Gasteiger partial charge in [-0.2, -0.15) is 0 Å². The van der Waals surface area contributed by atoms with E-state index in [-0.39, 0.29) is 16.9 Å². The maximum Gasteiger partial charge on any atom is 0.240 e. The van der Waals surface area contributed by atoms with Crippen molar-refractivity contribution in [1.29, 1.82) is 0 Å². The maximum atomic E-state index is 12.4. The zero-order valence-electron chi connectivity index (χ0n) is 15.0. The number of nitrogens with one attached hydrogen (secondary N) is 1. The molecule has 0 radical (unpaired) electrons. The first-order valence-electron chi connectivity index (χ1n) is 8.06. The number of thioether (sulfide) groups is 1. The van der Waals surface area contributed by atoms with E-state index >= 15 is 0 Å². The Morgan fingerprint density at radius 1 is 1.04 bits per heavy atom. The number of rotatable bonds is 6. The van der Waals surface area contributed by atoms with E-state index in [1.807, 2.05) is 42.7 Å². The molecule has 136 valence electrons. The zero-order valence-corrected chi connectivity index (χ0v) is 16.6. The van der Waals surface area contributed by atoms with E-state index < -0.39 is 16.1 Å². The van der Waals surface area contributed by atoms with Gasteiger partial charge in [-0.05, 0) is 47.1 Å². The van der Waals surface area contributed by atoms with Crippen molar-refractivity contribution in [3.8, 4) is 0 Å². The van der Waals surface area contributed by atoms with Crippen molar-refractivity contribution in [3.05, 3.63) is 59.7 Å². The van der Waals surface area contributed by atoms with Crippen molar-refractivity contribution in [1.82, 2.24) is 4.72 Å². The lowest BCUT2D eigenvalue weighted by atomic mass is 9.87. The van der Waals surface area contributed by atoms with Crippen LogP contribution in [0.15, 0.2) is 58.3 Å². The van der Waals surface area contributed by atoms with Crippen molar-refractivity contribution in [2.24, 2.45) is 0 Å². The molecule has 2 N–H and O–H groups in total. The van der Waals surface area contributed by atoms with Gasteiger partial charge < -0.3 is 5.11 Å². The molecule has 0 spiro atoms. The topological polar surface area (TPSA) is 66.4 Å². The summed E-state index contributed by atoms with van der Waals surface area (Å²) in [5, 5.41) is 10.2. The molecular formula is C19H25NO3S2. The summed E-state index contributed by atoms with van der Waals surface area (Å²) in [7, 11) is -3.65. The molecule has 25 heavy (non-hydrogen) atoms. The molecule has 4 nitrogen and oxygen atoms in total. The Kier molecular flexibility index (Phi) is 6.32. The number of aliphatic hydroxyl groups is 1. The third-order valence-electron chi connectivity index (χ3n) is 4.00. The fraction of sp³-hybridized carbons (Fsp3) is 0.368. The van der Waals surface area contributed by atoms with Gasteiger partial charge in [0.05, 0.1) is 11.0 Å². The number of hydrogen-bond acceptors (Lipinski definition) is 4. The second-order valence-corrected chi connectivity index (χ2v) is 9.56. The van der Waals surface area contributed by atoms with Crippen molar-refractivity contribution >= 4 is 21.8 Å². The summed E-state index contributed by atoms with van der Waals surface area (Å²) in [5.41, 5.74) is 1.72. The number of aliphatic hydroxyl groups excluding tert-OH is 1. The monoisotopic (exact) mass is 379 g/mol. The molecule has 0 fully saturated rings. The first-order chi connectivity index (χ1) is 11.6. The van der Waals surface area contributed by atoms with Crippen LogP contribution in [0.2, 0.25) is 0 Å². The summed E-state index contributed by atoms with van der Waals surface area (Å²) in [5.74, 6) is 0. The Hall–Kier alpha value is -1.34. The van der Waals surface area contributed by atoms with Gasteiger partial charge in [0.15, 0.2) is 0 Å². The summed E-state index contributed by atoms with van der Waals surface area (Å²) in [6.45, 7) is 6.16. The molecule has 1 atom stereocenters. The van der Waals surface area contributed by atoms with Crippen LogP contribution in [0, 0.1) is 0 Å². The molecular weight excluding hydrogens is 354 g/mol. The highest BCUT2D eigenvalue weighted by Gasteiger charge is 2.19. The lowest BCUT2D eigenvalue weighted by Crippen LogP contribution is -2.28. The highest BCUT2D eigenvalue weighted by molar-refractivity contribution is 7.98. The quantitative estimate of drug-likeness (QED) is 0.751. The number of benzene rings is 2. The smallest absolute Gasteiger partial charge is 0.240 e. The molecule has 0 bridgehead atoms. The SMILES string of the molecule is CSc1ccc(C(O)CNS(=O)(=O)c2ccc(C(C)(C)C)cc2)cc1. The molecule has 0 aliphatic carbocycles. The molecule has 1 unspecified atom stereocenters. The van der Waals surface area contributed by atoms with E-state index in [2.05, 4.69) is 25.5 Å². The molecule has 0 aliphatic heterocycles. The lowest BCUT2D eigenvalue weighted by Gasteiger charge is -2.19. The fourth-order valence-electron chi connectivity index (χ4n) is 2.35. The summed E-state index contributed by atoms with van der Waals surface area (Å²) in [4.78, 5) is 1.29. The van der Waals surface area contributed by atoms with Crippen molar-refractivity contribution < 1.29 is 13.5 Å². The van der Waals surface area contributed by atoms with Crippen LogP contribution in [-0.4, -0.2) is 26.3 Å². The van der Waals surface area contributed by atoms with Crippen LogP contribution in [-0.2, 0) is 15.4 Å². The van der Waals surface area contributed by atoms with Crippen molar-refractivity contribution in [3.63, 3.8) is 0 Å². The van der Waals surface area contributed by atoms with Crippen molar-refractivity contribution in [2.45, 2.75) is 42.1 Å². The molecule has 0 aromatic heterocycles. The molecule has 0 heterocycles. The minimum atomic E-state index is -3.65. The van der Waals surface area contributed by atoms with Crippen LogP contribution in [0.25, 0.3) is 0 Å². The van der Waals surface area contributed by atoms with Crippen LogP contribution in [0.1, 0.15) is 38.0 Å². The molecule has 0 amide bonds. The van der Waals surface area contributed by atoms with E-state index in [0.29, 0.717) is 5.56 Å². The fourth-order valence-corrected chi connectivity index (χ4v) is 3.80. The molecule has 0 aliphatic rings. The first-order valence-corrected chi connectivity index (χ1v) is 10.8. The van der Waals surface area contributed by atoms with Gasteiger partial charge in [0.1, 0.15) is 0 Å². The Morgan fingerprint density at radius 3 is 2.08 bits per heavy atom. The van der Waals surface area contributed by atoms with E-state index in [1.165, 1.54) is 0 Å². The van der Waals surface area contributed by atoms with Gasteiger partial charge in [0.2, 0.25) is 10.0 Å². The molecule has 0 saturated heterocycles. The van der Waals surface area contributed by atoms with Crippen LogP contribution < -0.4 is 4.72 Å². The maximum absolute atomic E-state index is 12.4. The molecule has 6 heteroatoms. The lowest BCUT2D eigenvalue weighted by molar-refractivity contribution is 0.182. The van der Waals surface area contributed by atoms with E-state index in [0.717, 1.165) is 10.5 Å². The van der Waals surface area contributed by atoms with Gasteiger partial charge in [-0.15, -0.1) is 11.8 Å². The predicted molar refractivity (Wildman–Crippen MR) is 104 cm³/mol. The van der Waals surface area contributed by atoms with Crippen LogP contribution >= 0.6 is 11.8 Å². The Morgan fingerprint density at radius 2 is 1.60 bits per heavy atom. The van der Waals surface area contributed by atoms with E-state index in [9.17, 15) is 13.5 Å². The van der Waals surface area contributed by atoms with Gasteiger partial charge in [-0.1, -0.05) is 45.0 Å². The molecule has 2 aromatic rings. The summed E-state index contributed by atoms with van der Waals surface area (Å²) < 4.78 is 27.3. The highest BCUT2D eigenvalue weighted by Crippen LogP contribution is 2.24. The summed E-state index contributed by atoms with van der Waals surface area (Å²) in [6.07, 6.45) is 1.09. The Balaban J connectivity index is 2.05. The highest BCUT2D eigenvalue weighted by atomic mass is 32.2. The van der Waals surface area contributed by atoms with Crippen LogP contribution in [0.3, 0.4) is 0 Å². The minimum Gasteiger partial charge on any atom is -0.387 e. The van der Waals surface area contributed by atoms with Gasteiger partial charge in [0.25, 0.3) is 0 Å². The van der Waals surface area contributed by atoms with Crippen LogP contribution in [0.4, 0.5) is 0 Å². The van der Waals surface area contributed by atoms with E-state index in [4.69, 9.17) is 0 Å². The van der Waals surface area contributed by atoms with Crippen LogP contribution in [0.5, 0.6) is 0 Å². The molecule has 2 aromatic carbocycles. The average molecular weight is 380 g/mol. The molecule has 2 rings (SSSR count). The van der Waals surface area contributed by atoms with Gasteiger partial charge >= 0.3 is 0 Å². The summed E-state index contributed by atoms with van der Waals surface area (Å²) in [6, 6.07) is 14.3. The number of hydrogen-bond donors (Lipinski definition) is 2. The Labute approximate surface area is 154 Å². The largest absolute Gasteiger partial charge is 0.387 e. The second kappa shape index (κ2) is 7.91. The van der Waals surface area contributed by atoms with Gasteiger partial charge in [-0.3, -0.25) is 0 Å². The average Bonchev–Trinajstić information content (AvgIpc) is 2.59. The number of sulfonamides is 1.